The predicted octanol–water partition coefficient (Wildman–Crippen LogP) is 2.67. The first-order valence-corrected chi connectivity index (χ1v) is 7.70. The van der Waals surface area contributed by atoms with Gasteiger partial charge < -0.3 is 10.1 Å². The molecule has 112 valence electrons. The van der Waals surface area contributed by atoms with Crippen molar-refractivity contribution in [2.45, 2.75) is 39.3 Å². The zero-order chi connectivity index (χ0) is 14.5. The molecule has 0 radical (unpaired) electrons. The Hall–Kier alpha value is -0.900. The van der Waals surface area contributed by atoms with E-state index in [-0.39, 0.29) is 0 Å². The van der Waals surface area contributed by atoms with Crippen molar-refractivity contribution < 1.29 is 4.74 Å². The van der Waals surface area contributed by atoms with Gasteiger partial charge in [0.25, 0.3) is 0 Å². The van der Waals surface area contributed by atoms with E-state index < -0.39 is 0 Å². The second kappa shape index (κ2) is 7.21. The van der Waals surface area contributed by atoms with E-state index in [1.807, 2.05) is 0 Å². The first-order chi connectivity index (χ1) is 9.61. The van der Waals surface area contributed by atoms with Crippen molar-refractivity contribution in [3.05, 3.63) is 34.9 Å². The minimum atomic E-state index is 0.393. The number of ether oxygens (including phenoxy) is 1. The summed E-state index contributed by atoms with van der Waals surface area (Å²) in [5.74, 6) is 0. The molecule has 2 unspecified atom stereocenters. The van der Waals surface area contributed by atoms with Crippen LogP contribution in [0, 0.1) is 13.8 Å². The van der Waals surface area contributed by atoms with Crippen LogP contribution >= 0.6 is 0 Å². The van der Waals surface area contributed by atoms with Crippen molar-refractivity contribution in [2.75, 3.05) is 33.4 Å². The molecular formula is C17H28N2O. The fourth-order valence-corrected chi connectivity index (χ4v) is 2.82. The minimum absolute atomic E-state index is 0.393. The molecule has 0 saturated carbocycles. The summed E-state index contributed by atoms with van der Waals surface area (Å²) in [6, 6.07) is 7.77. The fraction of sp³-hybridized carbons (Fsp3) is 0.647. The van der Waals surface area contributed by atoms with Crippen molar-refractivity contribution in [3.8, 4) is 0 Å². The van der Waals surface area contributed by atoms with Crippen LogP contribution in [0.1, 0.15) is 36.1 Å². The number of nitrogens with zero attached hydrogens (tertiary/aromatic N) is 1. The van der Waals surface area contributed by atoms with Crippen LogP contribution in [0.2, 0.25) is 0 Å². The van der Waals surface area contributed by atoms with Gasteiger partial charge in [0.2, 0.25) is 0 Å². The maximum Gasteiger partial charge on any atom is 0.0622 e. The summed E-state index contributed by atoms with van der Waals surface area (Å²) >= 11 is 0. The summed E-state index contributed by atoms with van der Waals surface area (Å²) in [5, 5.41) is 3.62. The zero-order valence-corrected chi connectivity index (χ0v) is 13.3. The second-order valence-electron chi connectivity index (χ2n) is 5.91. The highest BCUT2D eigenvalue weighted by Gasteiger charge is 2.23. The molecule has 3 heteroatoms. The normalized spacial score (nSPS) is 20.6. The second-order valence-corrected chi connectivity index (χ2v) is 5.91. The van der Waals surface area contributed by atoms with Gasteiger partial charge in [0.05, 0.1) is 6.61 Å². The molecule has 1 fully saturated rings. The predicted molar refractivity (Wildman–Crippen MR) is 84.2 cm³/mol. The maximum absolute atomic E-state index is 5.50. The average molecular weight is 276 g/mol. The molecule has 0 amide bonds. The monoisotopic (exact) mass is 276 g/mol. The van der Waals surface area contributed by atoms with Gasteiger partial charge in [-0.3, -0.25) is 4.90 Å². The van der Waals surface area contributed by atoms with Crippen LogP contribution in [0.25, 0.3) is 0 Å². The Labute approximate surface area is 123 Å². The summed E-state index contributed by atoms with van der Waals surface area (Å²) in [6.07, 6.45) is 1.16. The van der Waals surface area contributed by atoms with E-state index in [9.17, 15) is 0 Å². The highest BCUT2D eigenvalue weighted by molar-refractivity contribution is 5.32. The quantitative estimate of drug-likeness (QED) is 0.864. The van der Waals surface area contributed by atoms with Crippen LogP contribution in [0.3, 0.4) is 0 Å². The third-order valence-corrected chi connectivity index (χ3v) is 4.38. The lowest BCUT2D eigenvalue weighted by Gasteiger charge is -2.29. The van der Waals surface area contributed by atoms with E-state index >= 15 is 0 Å². The minimum Gasteiger partial charge on any atom is -0.380 e. The summed E-state index contributed by atoms with van der Waals surface area (Å²) < 4.78 is 5.50. The van der Waals surface area contributed by atoms with Crippen LogP contribution in [-0.4, -0.2) is 44.3 Å². The molecule has 2 atom stereocenters. The molecule has 0 spiro atoms. The van der Waals surface area contributed by atoms with Crippen molar-refractivity contribution in [1.29, 1.82) is 0 Å². The van der Waals surface area contributed by atoms with E-state index in [1.165, 1.54) is 16.7 Å². The van der Waals surface area contributed by atoms with Crippen LogP contribution in [0.5, 0.6) is 0 Å². The number of likely N-dealkylation sites (N-methyl/N-ethyl adjacent to an activating group) is 2. The highest BCUT2D eigenvalue weighted by atomic mass is 16.5. The fourth-order valence-electron chi connectivity index (χ4n) is 2.82. The molecule has 2 rings (SSSR count). The lowest BCUT2D eigenvalue weighted by Crippen LogP contribution is -2.39. The van der Waals surface area contributed by atoms with Gasteiger partial charge in [-0.2, -0.15) is 0 Å². The van der Waals surface area contributed by atoms with E-state index in [0.717, 1.165) is 32.7 Å². The first-order valence-electron chi connectivity index (χ1n) is 7.70. The third-order valence-electron chi connectivity index (χ3n) is 4.38. The van der Waals surface area contributed by atoms with Gasteiger partial charge in [0.1, 0.15) is 0 Å². The molecule has 1 aromatic rings. The first kappa shape index (κ1) is 15.5. The van der Waals surface area contributed by atoms with Crippen LogP contribution in [0.4, 0.5) is 0 Å². The zero-order valence-electron chi connectivity index (χ0n) is 13.3. The molecule has 1 saturated heterocycles. The van der Waals surface area contributed by atoms with Gasteiger partial charge in [0, 0.05) is 25.2 Å². The van der Waals surface area contributed by atoms with E-state index in [0.29, 0.717) is 12.1 Å². The molecule has 1 aliphatic rings. The summed E-state index contributed by atoms with van der Waals surface area (Å²) in [4.78, 5) is 2.44. The number of nitrogens with one attached hydrogen (secondary N) is 1. The molecule has 0 aliphatic carbocycles. The Morgan fingerprint density at radius 1 is 1.35 bits per heavy atom. The number of aryl methyl sites for hydroxylation is 2. The Morgan fingerprint density at radius 3 is 2.75 bits per heavy atom. The van der Waals surface area contributed by atoms with Gasteiger partial charge in [-0.05, 0) is 50.6 Å². The topological polar surface area (TPSA) is 24.5 Å². The molecule has 1 aromatic carbocycles. The van der Waals surface area contributed by atoms with E-state index in [1.54, 1.807) is 0 Å². The Balaban J connectivity index is 2.07. The van der Waals surface area contributed by atoms with Crippen molar-refractivity contribution in [1.82, 2.24) is 10.2 Å². The SMILES string of the molecule is CCNC(CN(C)C1CCOC1)c1ccc(C)c(C)c1. The van der Waals surface area contributed by atoms with Gasteiger partial charge in [0.15, 0.2) is 0 Å². The molecule has 1 aliphatic heterocycles. The average Bonchev–Trinajstić information content (AvgIpc) is 2.95. The van der Waals surface area contributed by atoms with Crippen molar-refractivity contribution >= 4 is 0 Å². The number of hydrogen-bond donors (Lipinski definition) is 1. The van der Waals surface area contributed by atoms with Crippen LogP contribution < -0.4 is 5.32 Å². The van der Waals surface area contributed by atoms with E-state index in [2.05, 4.69) is 56.2 Å². The lowest BCUT2D eigenvalue weighted by atomic mass is 10.00. The molecule has 0 aromatic heterocycles. The molecule has 20 heavy (non-hydrogen) atoms. The lowest BCUT2D eigenvalue weighted by molar-refractivity contribution is 0.153. The summed E-state index contributed by atoms with van der Waals surface area (Å²) in [7, 11) is 2.21. The van der Waals surface area contributed by atoms with Crippen molar-refractivity contribution in [2.24, 2.45) is 0 Å². The Kier molecular flexibility index (Phi) is 5.58. The Bertz CT molecular complexity index is 427. The highest BCUT2D eigenvalue weighted by Crippen LogP contribution is 2.20. The smallest absolute Gasteiger partial charge is 0.0622 e. The van der Waals surface area contributed by atoms with Crippen LogP contribution in [-0.2, 0) is 4.74 Å². The Morgan fingerprint density at radius 2 is 2.15 bits per heavy atom. The largest absolute Gasteiger partial charge is 0.380 e. The van der Waals surface area contributed by atoms with E-state index in [4.69, 9.17) is 4.74 Å². The van der Waals surface area contributed by atoms with Gasteiger partial charge in [-0.25, -0.2) is 0 Å². The number of rotatable bonds is 6. The third kappa shape index (κ3) is 3.81. The van der Waals surface area contributed by atoms with Crippen molar-refractivity contribution in [3.63, 3.8) is 0 Å². The molecule has 0 bridgehead atoms. The summed E-state index contributed by atoms with van der Waals surface area (Å²) in [5.41, 5.74) is 4.12. The van der Waals surface area contributed by atoms with Gasteiger partial charge >= 0.3 is 0 Å². The number of hydrogen-bond acceptors (Lipinski definition) is 3. The molecule has 3 nitrogen and oxygen atoms in total. The van der Waals surface area contributed by atoms with Gasteiger partial charge in [-0.1, -0.05) is 25.1 Å². The molecular weight excluding hydrogens is 248 g/mol. The standard InChI is InChI=1S/C17H28N2O/c1-5-18-17(11-19(4)16-8-9-20-12-16)15-7-6-13(2)14(3)10-15/h6-7,10,16-18H,5,8-9,11-12H2,1-4H3. The maximum atomic E-state index is 5.50. The number of benzene rings is 1. The molecule has 1 N–H and O–H groups in total. The van der Waals surface area contributed by atoms with Gasteiger partial charge in [-0.15, -0.1) is 0 Å². The molecule has 1 heterocycles. The summed E-state index contributed by atoms with van der Waals surface area (Å²) in [6.45, 7) is 10.3. The van der Waals surface area contributed by atoms with Crippen LogP contribution in [0.15, 0.2) is 18.2 Å².